The van der Waals surface area contributed by atoms with E-state index in [9.17, 15) is 9.59 Å². The van der Waals surface area contributed by atoms with E-state index in [2.05, 4.69) is 0 Å². The Hall–Kier alpha value is -3.90. The first-order chi connectivity index (χ1) is 14.7. The number of methoxy groups -OCH3 is 1. The summed E-state index contributed by atoms with van der Waals surface area (Å²) in [6.45, 7) is 0. The van der Waals surface area contributed by atoms with Gasteiger partial charge < -0.3 is 4.74 Å². The summed E-state index contributed by atoms with van der Waals surface area (Å²) in [7, 11) is 1.37. The van der Waals surface area contributed by atoms with Crippen molar-refractivity contribution in [3.63, 3.8) is 0 Å². The van der Waals surface area contributed by atoms with Gasteiger partial charge in [-0.1, -0.05) is 65.8 Å². The zero-order valence-electron chi connectivity index (χ0n) is 16.1. The Balaban J connectivity index is 1.76. The molecule has 3 heterocycles. The Labute approximate surface area is 173 Å². The maximum atomic E-state index is 13.6. The molecule has 0 N–H and O–H groups in total. The molecule has 146 valence electrons. The number of hydrazine groups is 2. The smallest absolute Gasteiger partial charge is 0.356 e. The second kappa shape index (κ2) is 5.81. The Kier molecular flexibility index (Phi) is 3.29. The first-order valence-corrected chi connectivity index (χ1v) is 9.68. The minimum Gasteiger partial charge on any atom is -0.464 e. The highest BCUT2D eigenvalue weighted by molar-refractivity contribution is 6.13. The fourth-order valence-corrected chi connectivity index (χ4v) is 4.77. The number of hydrogen-bond donors (Lipinski definition) is 0. The summed E-state index contributed by atoms with van der Waals surface area (Å²) in [5.41, 5.74) is 3.38. The molecular weight excluding hydrogens is 378 g/mol. The van der Waals surface area contributed by atoms with Crippen LogP contribution in [0.2, 0.25) is 0 Å². The molecule has 3 aliphatic heterocycles. The number of benzene rings is 3. The number of para-hydroxylation sites is 2. The molecule has 0 saturated heterocycles. The number of carbonyl (C=O) groups is 2. The van der Waals surface area contributed by atoms with Crippen molar-refractivity contribution in [3.8, 4) is 0 Å². The zero-order chi connectivity index (χ0) is 20.5. The monoisotopic (exact) mass is 395 g/mol. The second-order valence-corrected chi connectivity index (χ2v) is 7.41. The maximum absolute atomic E-state index is 13.6. The number of ether oxygens (including phenoxy) is 1. The normalized spacial score (nSPS) is 21.1. The van der Waals surface area contributed by atoms with Crippen LogP contribution in [0.15, 0.2) is 90.6 Å². The third-order valence-corrected chi connectivity index (χ3v) is 5.98. The molecule has 1 atom stereocenters. The van der Waals surface area contributed by atoms with Gasteiger partial charge in [0.2, 0.25) is 0 Å². The number of amides is 1. The highest BCUT2D eigenvalue weighted by atomic mass is 16.5. The number of esters is 1. The van der Waals surface area contributed by atoms with Crippen LogP contribution in [0.5, 0.6) is 0 Å². The van der Waals surface area contributed by atoms with Gasteiger partial charge in [0.05, 0.1) is 18.5 Å². The van der Waals surface area contributed by atoms with E-state index in [0.717, 1.165) is 22.5 Å². The molecule has 3 aliphatic rings. The quantitative estimate of drug-likeness (QED) is 0.621. The van der Waals surface area contributed by atoms with Crippen LogP contribution in [0.3, 0.4) is 0 Å². The van der Waals surface area contributed by atoms with Gasteiger partial charge in [0.25, 0.3) is 5.91 Å². The highest BCUT2D eigenvalue weighted by Crippen LogP contribution is 2.57. The molecule has 1 unspecified atom stereocenters. The predicted octanol–water partition coefficient (Wildman–Crippen LogP) is 3.61. The fraction of sp³-hybridized carbons (Fsp3) is 0.0833. The summed E-state index contributed by atoms with van der Waals surface area (Å²) in [5.74, 6) is -0.590. The Morgan fingerprint density at radius 3 is 2.20 bits per heavy atom. The van der Waals surface area contributed by atoms with Crippen molar-refractivity contribution in [3.05, 3.63) is 107 Å². The lowest BCUT2D eigenvalue weighted by molar-refractivity contribution is -0.136. The van der Waals surface area contributed by atoms with E-state index < -0.39 is 11.5 Å². The van der Waals surface area contributed by atoms with E-state index in [1.807, 2.05) is 90.1 Å². The Morgan fingerprint density at radius 2 is 1.47 bits per heavy atom. The van der Waals surface area contributed by atoms with Crippen LogP contribution < -0.4 is 10.0 Å². The molecule has 30 heavy (non-hydrogen) atoms. The zero-order valence-corrected chi connectivity index (χ0v) is 16.1. The standard InChI is InChI=1S/C24H17N3O3/c1-30-23(29)21-15-24(16-9-3-2-4-10-16)18-12-6-5-11-17(18)22(28)26-20-14-8-7-13-19(20)25(21)27(24)26/h2-15H,1H3. The average Bonchev–Trinajstić information content (AvgIpc) is 3.34. The molecule has 0 aromatic heterocycles. The van der Waals surface area contributed by atoms with Crippen molar-refractivity contribution in [1.29, 1.82) is 0 Å². The van der Waals surface area contributed by atoms with Crippen LogP contribution in [0, 0.1) is 0 Å². The van der Waals surface area contributed by atoms with E-state index in [0.29, 0.717) is 11.3 Å². The Morgan fingerprint density at radius 1 is 0.833 bits per heavy atom. The molecule has 0 fully saturated rings. The fourth-order valence-electron chi connectivity index (χ4n) is 4.77. The number of anilines is 2. The van der Waals surface area contributed by atoms with Crippen LogP contribution in [-0.2, 0) is 15.1 Å². The Bertz CT molecular complexity index is 1250. The van der Waals surface area contributed by atoms with Crippen LogP contribution >= 0.6 is 0 Å². The minimum atomic E-state index is -0.867. The molecule has 0 bridgehead atoms. The summed E-state index contributed by atoms with van der Waals surface area (Å²) >= 11 is 0. The summed E-state index contributed by atoms with van der Waals surface area (Å²) < 4.78 is 5.12. The lowest BCUT2D eigenvalue weighted by Gasteiger charge is -2.47. The van der Waals surface area contributed by atoms with Crippen molar-refractivity contribution in [2.75, 3.05) is 17.1 Å². The van der Waals surface area contributed by atoms with Crippen molar-refractivity contribution in [2.24, 2.45) is 0 Å². The van der Waals surface area contributed by atoms with Gasteiger partial charge in [0.1, 0.15) is 11.2 Å². The van der Waals surface area contributed by atoms with Gasteiger partial charge in [0, 0.05) is 5.56 Å². The van der Waals surface area contributed by atoms with Gasteiger partial charge >= 0.3 is 5.97 Å². The summed E-state index contributed by atoms with van der Waals surface area (Å²) in [5, 5.41) is 5.34. The third-order valence-electron chi connectivity index (χ3n) is 5.98. The van der Waals surface area contributed by atoms with Crippen molar-refractivity contribution >= 4 is 23.3 Å². The SMILES string of the molecule is COC(=O)C1=CC2(c3ccccc3)c3ccccc3C(=O)N3c4ccccc4N1N32. The van der Waals surface area contributed by atoms with E-state index >= 15 is 0 Å². The van der Waals surface area contributed by atoms with Crippen LogP contribution in [0.25, 0.3) is 0 Å². The van der Waals surface area contributed by atoms with E-state index in [4.69, 9.17) is 4.74 Å². The summed E-state index contributed by atoms with van der Waals surface area (Å²) in [6.07, 6.45) is 1.91. The average molecular weight is 395 g/mol. The molecule has 6 heteroatoms. The third kappa shape index (κ3) is 1.86. The molecule has 0 aliphatic carbocycles. The van der Waals surface area contributed by atoms with Gasteiger partial charge in [-0.15, -0.1) is 0 Å². The molecule has 0 spiro atoms. The molecule has 3 aromatic rings. The largest absolute Gasteiger partial charge is 0.464 e. The second-order valence-electron chi connectivity index (χ2n) is 7.41. The van der Waals surface area contributed by atoms with Gasteiger partial charge in [-0.05, 0) is 35.4 Å². The van der Waals surface area contributed by atoms with Crippen molar-refractivity contribution in [2.45, 2.75) is 5.54 Å². The number of rotatable bonds is 2. The first kappa shape index (κ1) is 17.0. The molecule has 3 aromatic carbocycles. The molecule has 6 nitrogen and oxygen atoms in total. The molecular formula is C24H17N3O3. The molecule has 0 saturated carbocycles. The summed E-state index contributed by atoms with van der Waals surface area (Å²) in [4.78, 5) is 26.5. The van der Waals surface area contributed by atoms with E-state index in [-0.39, 0.29) is 5.91 Å². The molecule has 1 amide bonds. The van der Waals surface area contributed by atoms with Crippen molar-refractivity contribution < 1.29 is 14.3 Å². The summed E-state index contributed by atoms with van der Waals surface area (Å²) in [6, 6.07) is 25.1. The molecule has 0 radical (unpaired) electrons. The van der Waals surface area contributed by atoms with Crippen LogP contribution in [0.4, 0.5) is 11.4 Å². The lowest BCUT2D eigenvalue weighted by atomic mass is 9.79. The number of fused-ring (bicyclic) bond motifs is 5. The lowest BCUT2D eigenvalue weighted by Crippen LogP contribution is -2.61. The van der Waals surface area contributed by atoms with Crippen molar-refractivity contribution in [1.82, 2.24) is 5.12 Å². The number of carbonyl (C=O) groups excluding carboxylic acids is 2. The van der Waals surface area contributed by atoms with Gasteiger partial charge in [-0.3, -0.25) is 4.79 Å². The predicted molar refractivity (Wildman–Crippen MR) is 111 cm³/mol. The van der Waals surface area contributed by atoms with Gasteiger partial charge in [-0.2, -0.15) is 0 Å². The number of hydrogen-bond acceptors (Lipinski definition) is 5. The number of nitrogens with zero attached hydrogens (tertiary/aromatic N) is 3. The molecule has 6 rings (SSSR count). The van der Waals surface area contributed by atoms with E-state index in [1.165, 1.54) is 7.11 Å². The maximum Gasteiger partial charge on any atom is 0.356 e. The highest BCUT2D eigenvalue weighted by Gasteiger charge is 2.61. The van der Waals surface area contributed by atoms with Crippen LogP contribution in [-0.4, -0.2) is 24.1 Å². The topological polar surface area (TPSA) is 53.1 Å². The van der Waals surface area contributed by atoms with Crippen LogP contribution in [0.1, 0.15) is 21.5 Å². The van der Waals surface area contributed by atoms with E-state index in [1.54, 1.807) is 10.0 Å². The van der Waals surface area contributed by atoms with Gasteiger partial charge in [0.15, 0.2) is 0 Å². The first-order valence-electron chi connectivity index (χ1n) is 9.68. The minimum absolute atomic E-state index is 0.133. The van der Waals surface area contributed by atoms with Gasteiger partial charge in [-0.25, -0.2) is 14.8 Å².